The van der Waals surface area contributed by atoms with Gasteiger partial charge in [0.2, 0.25) is 0 Å². The molecule has 9 nitrogen and oxygen atoms in total. The predicted octanol–water partition coefficient (Wildman–Crippen LogP) is 0.880. The molecule has 0 saturated carbocycles. The number of ether oxygens (including phenoxy) is 1. The summed E-state index contributed by atoms with van der Waals surface area (Å²) in [5, 5.41) is 12.2. The summed E-state index contributed by atoms with van der Waals surface area (Å²) in [5.74, 6) is -0.330. The quantitative estimate of drug-likeness (QED) is 0.591. The van der Waals surface area contributed by atoms with E-state index in [-0.39, 0.29) is 35.2 Å². The van der Waals surface area contributed by atoms with Gasteiger partial charge in [0.05, 0.1) is 24.2 Å². The maximum Gasteiger partial charge on any atom is 0.491 e. The zero-order chi connectivity index (χ0) is 22.1. The monoisotopic (exact) mass is 433 g/mol. The highest BCUT2D eigenvalue weighted by Crippen LogP contribution is 2.22. The van der Waals surface area contributed by atoms with E-state index in [1.807, 2.05) is 0 Å². The molecule has 0 saturated heterocycles. The molecule has 1 aromatic heterocycles. The SMILES string of the molecule is CC(C)(C)OC(=O)NCc1cc(N)cnc1S(=O)(=O)Cc1ccc2c(c1)B(O)OC2. The van der Waals surface area contributed by atoms with Crippen LogP contribution in [0.4, 0.5) is 10.5 Å². The molecule has 0 fully saturated rings. The smallest absolute Gasteiger partial charge is 0.444 e. The maximum absolute atomic E-state index is 13.0. The lowest BCUT2D eigenvalue weighted by atomic mass is 9.79. The first-order chi connectivity index (χ1) is 13.9. The van der Waals surface area contributed by atoms with Gasteiger partial charge in [0, 0.05) is 12.1 Å². The van der Waals surface area contributed by atoms with Crippen LogP contribution in [0.25, 0.3) is 0 Å². The van der Waals surface area contributed by atoms with Gasteiger partial charge in [0.1, 0.15) is 5.60 Å². The molecule has 1 aromatic carbocycles. The van der Waals surface area contributed by atoms with E-state index >= 15 is 0 Å². The molecule has 160 valence electrons. The molecule has 0 atom stereocenters. The first-order valence-corrected chi connectivity index (χ1v) is 11.0. The second-order valence-electron chi connectivity index (χ2n) is 8.04. The van der Waals surface area contributed by atoms with Crippen LogP contribution >= 0.6 is 0 Å². The van der Waals surface area contributed by atoms with Crippen LogP contribution in [-0.2, 0) is 38.1 Å². The summed E-state index contributed by atoms with van der Waals surface area (Å²) in [6.07, 6.45) is 0.574. The number of carbonyl (C=O) groups is 1. The van der Waals surface area contributed by atoms with Crippen LogP contribution in [0.15, 0.2) is 35.5 Å². The molecule has 30 heavy (non-hydrogen) atoms. The van der Waals surface area contributed by atoms with Crippen molar-refractivity contribution in [2.45, 2.75) is 50.3 Å². The summed E-state index contributed by atoms with van der Waals surface area (Å²) in [5.41, 5.74) is 7.47. The van der Waals surface area contributed by atoms with Crippen molar-refractivity contribution in [2.75, 3.05) is 5.73 Å². The van der Waals surface area contributed by atoms with Crippen molar-refractivity contribution in [3.8, 4) is 0 Å². The first-order valence-electron chi connectivity index (χ1n) is 9.30. The topological polar surface area (TPSA) is 141 Å². The maximum atomic E-state index is 13.0. The highest BCUT2D eigenvalue weighted by molar-refractivity contribution is 7.90. The summed E-state index contributed by atoms with van der Waals surface area (Å²) in [7, 11) is -4.92. The Balaban J connectivity index is 1.82. The van der Waals surface area contributed by atoms with E-state index in [0.29, 0.717) is 11.0 Å². The number of carbonyl (C=O) groups excluding carboxylic acids is 1. The highest BCUT2D eigenvalue weighted by Gasteiger charge is 2.29. The molecule has 0 unspecified atom stereocenters. The van der Waals surface area contributed by atoms with Gasteiger partial charge in [0.15, 0.2) is 14.9 Å². The number of pyridine rings is 1. The minimum absolute atomic E-state index is 0.113. The Morgan fingerprint density at radius 2 is 2.10 bits per heavy atom. The summed E-state index contributed by atoms with van der Waals surface area (Å²) in [4.78, 5) is 15.9. The number of nitrogens with one attached hydrogen (secondary N) is 1. The molecule has 3 rings (SSSR count). The third kappa shape index (κ3) is 5.29. The van der Waals surface area contributed by atoms with Gasteiger partial charge in [-0.1, -0.05) is 18.2 Å². The molecule has 0 spiro atoms. The highest BCUT2D eigenvalue weighted by atomic mass is 32.2. The summed E-state index contributed by atoms with van der Waals surface area (Å²) >= 11 is 0. The normalized spacial score (nSPS) is 13.8. The average Bonchev–Trinajstić information content (AvgIpc) is 2.99. The number of aromatic nitrogens is 1. The number of amides is 1. The molecule has 0 aliphatic carbocycles. The number of nitrogens with zero attached hydrogens (tertiary/aromatic N) is 1. The summed E-state index contributed by atoms with van der Waals surface area (Å²) in [6.45, 7) is 5.34. The Labute approximate surface area is 175 Å². The molecule has 2 aromatic rings. The fourth-order valence-corrected chi connectivity index (χ4v) is 4.55. The zero-order valence-electron chi connectivity index (χ0n) is 17.0. The predicted molar refractivity (Wildman–Crippen MR) is 111 cm³/mol. The van der Waals surface area contributed by atoms with Gasteiger partial charge in [0.25, 0.3) is 0 Å². The Bertz CT molecular complexity index is 1070. The lowest BCUT2D eigenvalue weighted by molar-refractivity contribution is 0.0523. The number of alkyl carbamates (subject to hydrolysis) is 1. The summed E-state index contributed by atoms with van der Waals surface area (Å²) in [6, 6.07) is 6.48. The lowest BCUT2D eigenvalue weighted by Gasteiger charge is -2.20. The summed E-state index contributed by atoms with van der Waals surface area (Å²) < 4.78 is 36.4. The van der Waals surface area contributed by atoms with E-state index in [4.69, 9.17) is 15.1 Å². The molecule has 0 bridgehead atoms. The van der Waals surface area contributed by atoms with Crippen molar-refractivity contribution in [1.82, 2.24) is 10.3 Å². The fourth-order valence-electron chi connectivity index (χ4n) is 3.05. The van der Waals surface area contributed by atoms with E-state index in [9.17, 15) is 18.2 Å². The third-order valence-corrected chi connectivity index (χ3v) is 5.96. The molecular weight excluding hydrogens is 409 g/mol. The van der Waals surface area contributed by atoms with Gasteiger partial charge in [-0.2, -0.15) is 0 Å². The van der Waals surface area contributed by atoms with Gasteiger partial charge in [-0.05, 0) is 43.4 Å². The average molecular weight is 433 g/mol. The van der Waals surface area contributed by atoms with Gasteiger partial charge in [-0.3, -0.25) is 0 Å². The standard InChI is InChI=1S/C19H24BN3O6S/c1-19(2,3)29-18(24)23-8-14-7-15(21)9-22-17(14)30(26,27)11-12-4-5-13-10-28-20(25)16(13)6-12/h4-7,9,25H,8,10-11,21H2,1-3H3,(H,23,24). The second-order valence-corrected chi connectivity index (χ2v) is 9.95. The Hall–Kier alpha value is -2.63. The fraction of sp³-hybridized carbons (Fsp3) is 0.368. The van der Waals surface area contributed by atoms with Gasteiger partial charge < -0.3 is 25.5 Å². The zero-order valence-corrected chi connectivity index (χ0v) is 17.8. The molecule has 1 aliphatic rings. The van der Waals surface area contributed by atoms with Crippen LogP contribution in [-0.4, -0.2) is 37.2 Å². The van der Waals surface area contributed by atoms with Crippen LogP contribution in [0.3, 0.4) is 0 Å². The molecule has 4 N–H and O–H groups in total. The Morgan fingerprint density at radius 1 is 1.37 bits per heavy atom. The van der Waals surface area contributed by atoms with Crippen LogP contribution in [0.5, 0.6) is 0 Å². The van der Waals surface area contributed by atoms with Crippen LogP contribution in [0.1, 0.15) is 37.5 Å². The number of hydrogen-bond donors (Lipinski definition) is 3. The Kier molecular flexibility index (Phi) is 6.07. The number of hydrogen-bond acceptors (Lipinski definition) is 8. The number of nitrogens with two attached hydrogens (primary N) is 1. The largest absolute Gasteiger partial charge is 0.491 e. The Morgan fingerprint density at radius 3 is 2.80 bits per heavy atom. The molecule has 1 amide bonds. The van der Waals surface area contributed by atoms with Crippen LogP contribution < -0.4 is 16.5 Å². The van der Waals surface area contributed by atoms with Crippen molar-refractivity contribution in [1.29, 1.82) is 0 Å². The van der Waals surface area contributed by atoms with Crippen molar-refractivity contribution in [2.24, 2.45) is 0 Å². The van der Waals surface area contributed by atoms with E-state index < -0.39 is 28.6 Å². The number of sulfone groups is 1. The van der Waals surface area contributed by atoms with E-state index in [1.165, 1.54) is 12.3 Å². The number of rotatable bonds is 5. The van der Waals surface area contributed by atoms with Crippen LogP contribution in [0, 0.1) is 0 Å². The van der Waals surface area contributed by atoms with Gasteiger partial charge >= 0.3 is 13.2 Å². The second kappa shape index (κ2) is 8.25. The molecule has 11 heteroatoms. The molecular formula is C19H24BN3O6S. The molecule has 0 radical (unpaired) electrons. The van der Waals surface area contributed by atoms with E-state index in [1.54, 1.807) is 39.0 Å². The van der Waals surface area contributed by atoms with Crippen molar-refractivity contribution >= 4 is 34.2 Å². The number of fused-ring (bicyclic) bond motifs is 1. The van der Waals surface area contributed by atoms with Gasteiger partial charge in [-0.25, -0.2) is 18.2 Å². The third-order valence-electron chi connectivity index (χ3n) is 4.29. The lowest BCUT2D eigenvalue weighted by Crippen LogP contribution is -2.32. The van der Waals surface area contributed by atoms with E-state index in [2.05, 4.69) is 10.3 Å². The minimum atomic E-state index is -3.86. The minimum Gasteiger partial charge on any atom is -0.444 e. The van der Waals surface area contributed by atoms with E-state index in [0.717, 1.165) is 5.56 Å². The van der Waals surface area contributed by atoms with Crippen LogP contribution in [0.2, 0.25) is 0 Å². The molecule has 1 aliphatic heterocycles. The van der Waals surface area contributed by atoms with Crippen molar-refractivity contribution < 1.29 is 27.6 Å². The van der Waals surface area contributed by atoms with Gasteiger partial charge in [-0.15, -0.1) is 0 Å². The number of benzene rings is 1. The number of anilines is 1. The number of nitrogen functional groups attached to an aromatic ring is 1. The molecule has 2 heterocycles. The van der Waals surface area contributed by atoms with Crippen molar-refractivity contribution in [3.05, 3.63) is 47.2 Å². The van der Waals surface area contributed by atoms with Crippen molar-refractivity contribution in [3.63, 3.8) is 0 Å². The first kappa shape index (κ1) is 22.1.